The Morgan fingerprint density at radius 2 is 1.47 bits per heavy atom. The molecule has 0 saturated heterocycles. The summed E-state index contributed by atoms with van der Waals surface area (Å²) in [5.41, 5.74) is 0. The first kappa shape index (κ1) is 13.6. The molecule has 0 saturated carbocycles. The van der Waals surface area contributed by atoms with E-state index in [0.29, 0.717) is 19.4 Å². The molecule has 0 unspecified atom stereocenters. The van der Waals surface area contributed by atoms with Crippen LogP contribution in [0.1, 0.15) is 33.1 Å². The van der Waals surface area contributed by atoms with Crippen molar-refractivity contribution in [2.24, 2.45) is 0 Å². The maximum atomic E-state index is 10.9. The predicted molar refractivity (Wildman–Crippen MR) is 52.1 cm³/mol. The zero-order valence-corrected chi connectivity index (χ0v) is 9.08. The van der Waals surface area contributed by atoms with Crippen molar-refractivity contribution in [1.82, 2.24) is 0 Å². The number of hydrogen-bond acceptors (Lipinski definition) is 5. The van der Waals surface area contributed by atoms with E-state index >= 15 is 0 Å². The molecule has 0 aliphatic rings. The lowest BCUT2D eigenvalue weighted by Gasteiger charge is -2.03. The Morgan fingerprint density at radius 1 is 0.933 bits per heavy atom. The second kappa shape index (κ2) is 7.96. The number of unbranched alkanes of at least 4 members (excludes halogenated alkanes) is 1. The maximum absolute atomic E-state index is 10.9. The lowest BCUT2D eigenvalue weighted by atomic mass is 10.3. The van der Waals surface area contributed by atoms with Gasteiger partial charge in [0.05, 0.1) is 13.2 Å². The van der Waals surface area contributed by atoms with E-state index in [4.69, 9.17) is 4.74 Å². The zero-order chi connectivity index (χ0) is 11.7. The number of carbonyl (C=O) groups is 3. The van der Waals surface area contributed by atoms with Crippen molar-refractivity contribution in [2.75, 3.05) is 13.2 Å². The van der Waals surface area contributed by atoms with Crippen molar-refractivity contribution in [3.8, 4) is 0 Å². The minimum absolute atomic E-state index is 0.177. The molecule has 0 radical (unpaired) electrons. The maximum Gasteiger partial charge on any atom is 0.313 e. The van der Waals surface area contributed by atoms with Crippen LogP contribution in [0.15, 0.2) is 0 Å². The van der Waals surface area contributed by atoms with Crippen LogP contribution in [0.3, 0.4) is 0 Å². The standard InChI is InChI=1S/C10H16O5/c1-8(11)7-10(13)15-6-4-3-5-14-9(2)12/h3-7H2,1-2H3. The number of ketones is 1. The Morgan fingerprint density at radius 3 is 1.93 bits per heavy atom. The minimum atomic E-state index is -0.505. The highest BCUT2D eigenvalue weighted by Crippen LogP contribution is 1.94. The molecular weight excluding hydrogens is 200 g/mol. The van der Waals surface area contributed by atoms with Crippen molar-refractivity contribution in [2.45, 2.75) is 33.1 Å². The van der Waals surface area contributed by atoms with E-state index in [9.17, 15) is 14.4 Å². The summed E-state index contributed by atoms with van der Waals surface area (Å²) in [6.45, 7) is 3.27. The summed E-state index contributed by atoms with van der Waals surface area (Å²) >= 11 is 0. The summed E-state index contributed by atoms with van der Waals surface area (Å²) in [4.78, 5) is 31.7. The Bertz CT molecular complexity index is 234. The molecule has 0 heterocycles. The Balaban J connectivity index is 3.27. The van der Waals surface area contributed by atoms with Gasteiger partial charge in [0.25, 0.3) is 0 Å². The highest BCUT2D eigenvalue weighted by molar-refractivity contribution is 5.94. The normalized spacial score (nSPS) is 9.47. The van der Waals surface area contributed by atoms with Crippen LogP contribution in [-0.2, 0) is 23.9 Å². The van der Waals surface area contributed by atoms with E-state index < -0.39 is 5.97 Å². The summed E-state index contributed by atoms with van der Waals surface area (Å²) in [5, 5.41) is 0. The Labute approximate surface area is 88.7 Å². The second-order valence-corrected chi connectivity index (χ2v) is 3.15. The first-order valence-electron chi connectivity index (χ1n) is 4.81. The zero-order valence-electron chi connectivity index (χ0n) is 9.08. The van der Waals surface area contributed by atoms with Crippen LogP contribution in [0.4, 0.5) is 0 Å². The lowest BCUT2D eigenvalue weighted by molar-refractivity contribution is -0.147. The molecule has 0 spiro atoms. The molecule has 0 aromatic carbocycles. The molecule has 0 rings (SSSR count). The highest BCUT2D eigenvalue weighted by Gasteiger charge is 2.05. The fourth-order valence-electron chi connectivity index (χ4n) is 0.860. The fourth-order valence-corrected chi connectivity index (χ4v) is 0.860. The third kappa shape index (κ3) is 10.5. The van der Waals surface area contributed by atoms with Crippen molar-refractivity contribution in [3.05, 3.63) is 0 Å². The lowest BCUT2D eigenvalue weighted by Crippen LogP contribution is -2.10. The molecule has 0 fully saturated rings. The van der Waals surface area contributed by atoms with E-state index in [2.05, 4.69) is 4.74 Å². The van der Waals surface area contributed by atoms with Crippen molar-refractivity contribution in [1.29, 1.82) is 0 Å². The summed E-state index contributed by atoms with van der Waals surface area (Å²) in [5.74, 6) is -1.03. The van der Waals surface area contributed by atoms with Crippen molar-refractivity contribution in [3.63, 3.8) is 0 Å². The first-order chi connectivity index (χ1) is 7.02. The van der Waals surface area contributed by atoms with Crippen molar-refractivity contribution < 1.29 is 23.9 Å². The van der Waals surface area contributed by atoms with Gasteiger partial charge in [0, 0.05) is 6.92 Å². The molecule has 0 aliphatic heterocycles. The molecule has 0 N–H and O–H groups in total. The van der Waals surface area contributed by atoms with Gasteiger partial charge in [-0.25, -0.2) is 0 Å². The van der Waals surface area contributed by atoms with Crippen molar-refractivity contribution >= 4 is 17.7 Å². The van der Waals surface area contributed by atoms with Gasteiger partial charge in [0.1, 0.15) is 12.2 Å². The SMILES string of the molecule is CC(=O)CC(=O)OCCCCOC(C)=O. The average molecular weight is 216 g/mol. The van der Waals surface area contributed by atoms with Gasteiger partial charge in [-0.05, 0) is 19.8 Å². The van der Waals surface area contributed by atoms with Gasteiger partial charge >= 0.3 is 11.9 Å². The number of esters is 2. The third-order valence-electron chi connectivity index (χ3n) is 1.50. The molecule has 0 aromatic heterocycles. The molecular formula is C10H16O5. The van der Waals surface area contributed by atoms with Crippen LogP contribution in [0, 0.1) is 0 Å². The molecule has 5 heteroatoms. The van der Waals surface area contributed by atoms with Gasteiger partial charge in [-0.2, -0.15) is 0 Å². The average Bonchev–Trinajstić information content (AvgIpc) is 2.09. The van der Waals surface area contributed by atoms with Crippen LogP contribution in [0.5, 0.6) is 0 Å². The second-order valence-electron chi connectivity index (χ2n) is 3.15. The number of ether oxygens (including phenoxy) is 2. The van der Waals surface area contributed by atoms with E-state index in [1.54, 1.807) is 0 Å². The van der Waals surface area contributed by atoms with E-state index in [-0.39, 0.29) is 24.8 Å². The topological polar surface area (TPSA) is 69.7 Å². The molecule has 86 valence electrons. The predicted octanol–water partition coefficient (Wildman–Crippen LogP) is 0.852. The van der Waals surface area contributed by atoms with Crippen LogP contribution >= 0.6 is 0 Å². The first-order valence-corrected chi connectivity index (χ1v) is 4.81. The van der Waals surface area contributed by atoms with Gasteiger partial charge in [-0.1, -0.05) is 0 Å². The van der Waals surface area contributed by atoms with Crippen LogP contribution < -0.4 is 0 Å². The molecule has 0 amide bonds. The molecule has 0 bridgehead atoms. The minimum Gasteiger partial charge on any atom is -0.466 e. The quantitative estimate of drug-likeness (QED) is 0.358. The smallest absolute Gasteiger partial charge is 0.313 e. The molecule has 0 aliphatic carbocycles. The molecule has 5 nitrogen and oxygen atoms in total. The van der Waals surface area contributed by atoms with Gasteiger partial charge in [-0.3, -0.25) is 14.4 Å². The van der Waals surface area contributed by atoms with E-state index in [1.165, 1.54) is 13.8 Å². The van der Waals surface area contributed by atoms with E-state index in [1.807, 2.05) is 0 Å². The van der Waals surface area contributed by atoms with E-state index in [0.717, 1.165) is 0 Å². The van der Waals surface area contributed by atoms with Gasteiger partial charge in [0.15, 0.2) is 0 Å². The third-order valence-corrected chi connectivity index (χ3v) is 1.50. The van der Waals surface area contributed by atoms with Crippen LogP contribution in [0.2, 0.25) is 0 Å². The highest BCUT2D eigenvalue weighted by atomic mass is 16.5. The largest absolute Gasteiger partial charge is 0.466 e. The van der Waals surface area contributed by atoms with Crippen LogP contribution in [-0.4, -0.2) is 30.9 Å². The number of carbonyl (C=O) groups excluding carboxylic acids is 3. The van der Waals surface area contributed by atoms with Gasteiger partial charge < -0.3 is 9.47 Å². The molecule has 0 atom stereocenters. The fraction of sp³-hybridized carbons (Fsp3) is 0.700. The summed E-state index contributed by atoms with van der Waals surface area (Å²) in [6, 6.07) is 0. The Kier molecular flexibility index (Phi) is 7.23. The summed E-state index contributed by atoms with van der Waals surface area (Å²) in [7, 11) is 0. The van der Waals surface area contributed by atoms with Gasteiger partial charge in [0.2, 0.25) is 0 Å². The van der Waals surface area contributed by atoms with Crippen LogP contribution in [0.25, 0.3) is 0 Å². The number of rotatable bonds is 7. The number of Topliss-reactive ketones (excluding diaryl/α,β-unsaturated/α-hetero) is 1. The van der Waals surface area contributed by atoms with Gasteiger partial charge in [-0.15, -0.1) is 0 Å². The Hall–Kier alpha value is -1.39. The summed E-state index contributed by atoms with van der Waals surface area (Å²) < 4.78 is 9.44. The molecule has 15 heavy (non-hydrogen) atoms. The summed E-state index contributed by atoms with van der Waals surface area (Å²) in [6.07, 6.45) is 1.09. The number of hydrogen-bond donors (Lipinski definition) is 0. The monoisotopic (exact) mass is 216 g/mol. The molecule has 0 aromatic rings.